The third-order valence-corrected chi connectivity index (χ3v) is 2.05. The molecule has 0 saturated heterocycles. The van der Waals surface area contributed by atoms with Crippen molar-refractivity contribution in [3.8, 4) is 0 Å². The molecule has 0 aliphatic heterocycles. The van der Waals surface area contributed by atoms with Crippen molar-refractivity contribution in [2.75, 3.05) is 7.11 Å². The molecule has 0 spiro atoms. The van der Waals surface area contributed by atoms with Gasteiger partial charge in [-0.25, -0.2) is 4.39 Å². The number of hydrogen-bond donors (Lipinski definition) is 1. The quantitative estimate of drug-likeness (QED) is 0.809. The molecule has 1 aromatic carbocycles. The largest absolute Gasteiger partial charge is 0.305 e. The summed E-state index contributed by atoms with van der Waals surface area (Å²) in [5.41, 5.74) is 3.15. The van der Waals surface area contributed by atoms with Gasteiger partial charge in [0.25, 0.3) is 0 Å². The zero-order valence-corrected chi connectivity index (χ0v) is 8.19. The molecule has 0 unspecified atom stereocenters. The van der Waals surface area contributed by atoms with Gasteiger partial charge in [0, 0.05) is 12.1 Å². The number of rotatable bonds is 3. The SMILES string of the molecule is CONCc1cccc(Br)c1F. The Morgan fingerprint density at radius 2 is 2.33 bits per heavy atom. The molecule has 0 aliphatic rings. The van der Waals surface area contributed by atoms with Gasteiger partial charge in [-0.05, 0) is 22.0 Å². The molecule has 0 saturated carbocycles. The molecule has 0 atom stereocenters. The Labute approximate surface area is 78.8 Å². The molecule has 1 rings (SSSR count). The van der Waals surface area contributed by atoms with Gasteiger partial charge in [-0.15, -0.1) is 0 Å². The van der Waals surface area contributed by atoms with E-state index in [1.807, 2.05) is 0 Å². The molecule has 0 radical (unpaired) electrons. The zero-order chi connectivity index (χ0) is 8.97. The number of hydroxylamine groups is 1. The second-order valence-corrected chi connectivity index (χ2v) is 3.09. The van der Waals surface area contributed by atoms with Crippen LogP contribution in [0.5, 0.6) is 0 Å². The van der Waals surface area contributed by atoms with Crippen LogP contribution < -0.4 is 5.48 Å². The second-order valence-electron chi connectivity index (χ2n) is 2.24. The summed E-state index contributed by atoms with van der Waals surface area (Å²) in [5, 5.41) is 0. The second kappa shape index (κ2) is 4.54. The highest BCUT2D eigenvalue weighted by atomic mass is 79.9. The van der Waals surface area contributed by atoms with Gasteiger partial charge in [0.05, 0.1) is 11.6 Å². The van der Waals surface area contributed by atoms with Crippen LogP contribution in [0, 0.1) is 5.82 Å². The predicted octanol–water partition coefficient (Wildman–Crippen LogP) is 2.24. The van der Waals surface area contributed by atoms with Crippen LogP contribution in [0.25, 0.3) is 0 Å². The van der Waals surface area contributed by atoms with E-state index in [1.54, 1.807) is 18.2 Å². The summed E-state index contributed by atoms with van der Waals surface area (Å²) in [6.07, 6.45) is 0. The van der Waals surface area contributed by atoms with Gasteiger partial charge in [0.15, 0.2) is 0 Å². The third-order valence-electron chi connectivity index (χ3n) is 1.44. The van der Waals surface area contributed by atoms with E-state index in [4.69, 9.17) is 0 Å². The van der Waals surface area contributed by atoms with E-state index in [0.29, 0.717) is 16.6 Å². The van der Waals surface area contributed by atoms with Crippen LogP contribution in [0.2, 0.25) is 0 Å². The molecular weight excluding hydrogens is 225 g/mol. The van der Waals surface area contributed by atoms with E-state index in [2.05, 4.69) is 26.2 Å². The van der Waals surface area contributed by atoms with Crippen LogP contribution in [0.3, 0.4) is 0 Å². The summed E-state index contributed by atoms with van der Waals surface area (Å²) >= 11 is 3.09. The van der Waals surface area contributed by atoms with Gasteiger partial charge in [0.1, 0.15) is 5.82 Å². The highest BCUT2D eigenvalue weighted by Crippen LogP contribution is 2.18. The summed E-state index contributed by atoms with van der Waals surface area (Å²) in [6.45, 7) is 0.363. The van der Waals surface area contributed by atoms with Crippen LogP contribution in [-0.2, 0) is 11.4 Å². The Morgan fingerprint density at radius 1 is 1.58 bits per heavy atom. The van der Waals surface area contributed by atoms with Crippen LogP contribution in [0.15, 0.2) is 22.7 Å². The van der Waals surface area contributed by atoms with Gasteiger partial charge in [-0.1, -0.05) is 12.1 Å². The lowest BCUT2D eigenvalue weighted by molar-refractivity contribution is 0.0859. The summed E-state index contributed by atoms with van der Waals surface area (Å²) in [6, 6.07) is 5.14. The van der Waals surface area contributed by atoms with Crippen LogP contribution >= 0.6 is 15.9 Å². The number of benzene rings is 1. The lowest BCUT2D eigenvalue weighted by Crippen LogP contribution is -2.12. The monoisotopic (exact) mass is 233 g/mol. The predicted molar refractivity (Wildman–Crippen MR) is 47.9 cm³/mol. The smallest absolute Gasteiger partial charge is 0.141 e. The molecule has 0 fully saturated rings. The summed E-state index contributed by atoms with van der Waals surface area (Å²) < 4.78 is 13.7. The van der Waals surface area contributed by atoms with E-state index in [1.165, 1.54) is 7.11 Å². The fourth-order valence-electron chi connectivity index (χ4n) is 0.835. The number of nitrogens with one attached hydrogen (secondary N) is 1. The standard InChI is InChI=1S/C8H9BrFNO/c1-12-11-5-6-3-2-4-7(9)8(6)10/h2-4,11H,5H2,1H3. The first-order valence-electron chi connectivity index (χ1n) is 3.44. The molecule has 0 aliphatic carbocycles. The van der Waals surface area contributed by atoms with E-state index in [0.717, 1.165) is 0 Å². The van der Waals surface area contributed by atoms with Crippen molar-refractivity contribution in [3.63, 3.8) is 0 Å². The Hall–Kier alpha value is -0.450. The molecule has 0 bridgehead atoms. The van der Waals surface area contributed by atoms with Crippen molar-refractivity contribution < 1.29 is 9.23 Å². The Bertz CT molecular complexity index is 267. The van der Waals surface area contributed by atoms with Crippen molar-refractivity contribution in [1.29, 1.82) is 0 Å². The molecular formula is C8H9BrFNO. The molecule has 0 aromatic heterocycles. The molecule has 2 nitrogen and oxygen atoms in total. The van der Waals surface area contributed by atoms with Gasteiger partial charge < -0.3 is 4.84 Å². The third kappa shape index (κ3) is 2.27. The highest BCUT2D eigenvalue weighted by Gasteiger charge is 2.04. The zero-order valence-electron chi connectivity index (χ0n) is 6.60. The first kappa shape index (κ1) is 9.64. The Morgan fingerprint density at radius 3 is 3.00 bits per heavy atom. The van der Waals surface area contributed by atoms with Gasteiger partial charge in [-0.2, -0.15) is 5.48 Å². The normalized spacial score (nSPS) is 10.2. The van der Waals surface area contributed by atoms with E-state index >= 15 is 0 Å². The van der Waals surface area contributed by atoms with Crippen molar-refractivity contribution in [2.45, 2.75) is 6.54 Å². The minimum Gasteiger partial charge on any atom is -0.305 e. The van der Waals surface area contributed by atoms with E-state index in [9.17, 15) is 4.39 Å². The van der Waals surface area contributed by atoms with Gasteiger partial charge in [-0.3, -0.25) is 0 Å². The van der Waals surface area contributed by atoms with Gasteiger partial charge in [0.2, 0.25) is 0 Å². The topological polar surface area (TPSA) is 21.3 Å². The summed E-state index contributed by atoms with van der Waals surface area (Å²) in [5.74, 6) is -0.248. The molecule has 66 valence electrons. The van der Waals surface area contributed by atoms with Crippen LogP contribution in [-0.4, -0.2) is 7.11 Å². The molecule has 1 aromatic rings. The van der Waals surface area contributed by atoms with Crippen molar-refractivity contribution in [2.24, 2.45) is 0 Å². The van der Waals surface area contributed by atoms with Crippen molar-refractivity contribution in [3.05, 3.63) is 34.1 Å². The van der Waals surface area contributed by atoms with Crippen molar-refractivity contribution in [1.82, 2.24) is 5.48 Å². The lowest BCUT2D eigenvalue weighted by atomic mass is 10.2. The number of halogens is 2. The van der Waals surface area contributed by atoms with E-state index < -0.39 is 0 Å². The molecule has 1 N–H and O–H groups in total. The van der Waals surface area contributed by atoms with E-state index in [-0.39, 0.29) is 5.82 Å². The fraction of sp³-hybridized carbons (Fsp3) is 0.250. The first-order chi connectivity index (χ1) is 5.75. The summed E-state index contributed by atoms with van der Waals surface area (Å²) in [4.78, 5) is 4.61. The maximum atomic E-state index is 13.2. The maximum Gasteiger partial charge on any atom is 0.141 e. The molecule has 0 heterocycles. The number of hydrogen-bond acceptors (Lipinski definition) is 2. The molecule has 4 heteroatoms. The summed E-state index contributed by atoms with van der Waals surface area (Å²) in [7, 11) is 1.50. The molecule has 12 heavy (non-hydrogen) atoms. The highest BCUT2D eigenvalue weighted by molar-refractivity contribution is 9.10. The van der Waals surface area contributed by atoms with Crippen LogP contribution in [0.1, 0.15) is 5.56 Å². The minimum absolute atomic E-state index is 0.248. The fourth-order valence-corrected chi connectivity index (χ4v) is 1.24. The average molecular weight is 234 g/mol. The Kier molecular flexibility index (Phi) is 3.65. The molecule has 0 amide bonds. The van der Waals surface area contributed by atoms with Gasteiger partial charge >= 0.3 is 0 Å². The lowest BCUT2D eigenvalue weighted by Gasteiger charge is -2.04. The van der Waals surface area contributed by atoms with Crippen LogP contribution in [0.4, 0.5) is 4.39 Å². The maximum absolute atomic E-state index is 13.2. The van der Waals surface area contributed by atoms with Crippen molar-refractivity contribution >= 4 is 15.9 Å². The Balaban J connectivity index is 2.78. The average Bonchev–Trinajstić information content (AvgIpc) is 2.08. The minimum atomic E-state index is -0.248. The first-order valence-corrected chi connectivity index (χ1v) is 4.23.